The van der Waals surface area contributed by atoms with Crippen molar-refractivity contribution in [2.45, 2.75) is 19.4 Å². The molecule has 1 aromatic carbocycles. The SMILES string of the molecule is Cc1cnc(N)c(C(N)Cc2ccc(F)cc2Cl)c1. The molecule has 3 nitrogen and oxygen atoms in total. The molecule has 1 unspecified atom stereocenters. The van der Waals surface area contributed by atoms with Crippen LogP contribution in [0.4, 0.5) is 10.2 Å². The minimum atomic E-state index is -0.362. The number of halogens is 2. The maximum absolute atomic E-state index is 13.0. The van der Waals surface area contributed by atoms with Gasteiger partial charge in [-0.1, -0.05) is 17.7 Å². The number of rotatable bonds is 3. The second kappa shape index (κ2) is 5.55. The Balaban J connectivity index is 2.25. The van der Waals surface area contributed by atoms with E-state index in [9.17, 15) is 4.39 Å². The molecule has 0 radical (unpaired) electrons. The van der Waals surface area contributed by atoms with Crippen molar-refractivity contribution in [3.63, 3.8) is 0 Å². The van der Waals surface area contributed by atoms with E-state index >= 15 is 0 Å². The summed E-state index contributed by atoms with van der Waals surface area (Å²) in [5.74, 6) is 0.0513. The standard InChI is InChI=1S/C14H15ClFN3/c1-8-4-11(14(18)19-7-8)13(17)5-9-2-3-10(16)6-12(9)15/h2-4,6-7,13H,5,17H2,1H3,(H2,18,19). The van der Waals surface area contributed by atoms with Gasteiger partial charge in [0.25, 0.3) is 0 Å². The summed E-state index contributed by atoms with van der Waals surface area (Å²) < 4.78 is 13.0. The number of anilines is 1. The molecule has 100 valence electrons. The van der Waals surface area contributed by atoms with Crippen LogP contribution in [0.15, 0.2) is 30.5 Å². The first-order chi connectivity index (χ1) is 8.97. The zero-order valence-corrected chi connectivity index (χ0v) is 11.3. The van der Waals surface area contributed by atoms with Gasteiger partial charge < -0.3 is 11.5 Å². The van der Waals surface area contributed by atoms with E-state index in [4.69, 9.17) is 23.1 Å². The van der Waals surface area contributed by atoms with Crippen molar-refractivity contribution in [2.75, 3.05) is 5.73 Å². The Kier molecular flexibility index (Phi) is 4.02. The third-order valence-electron chi connectivity index (χ3n) is 2.94. The fourth-order valence-electron chi connectivity index (χ4n) is 1.93. The van der Waals surface area contributed by atoms with Crippen LogP contribution in [-0.4, -0.2) is 4.98 Å². The van der Waals surface area contributed by atoms with Crippen LogP contribution >= 0.6 is 11.6 Å². The first kappa shape index (κ1) is 13.8. The fraction of sp³-hybridized carbons (Fsp3) is 0.214. The molecule has 4 N–H and O–H groups in total. The summed E-state index contributed by atoms with van der Waals surface area (Å²) in [6, 6.07) is 5.87. The van der Waals surface area contributed by atoms with E-state index in [2.05, 4.69) is 4.98 Å². The molecule has 0 spiro atoms. The molecule has 0 saturated carbocycles. The maximum atomic E-state index is 13.0. The zero-order valence-electron chi connectivity index (χ0n) is 10.5. The van der Waals surface area contributed by atoms with Crippen molar-refractivity contribution >= 4 is 17.4 Å². The lowest BCUT2D eigenvalue weighted by molar-refractivity contribution is 0.625. The number of aromatic nitrogens is 1. The monoisotopic (exact) mass is 279 g/mol. The summed E-state index contributed by atoms with van der Waals surface area (Å²) >= 11 is 5.99. The molecule has 0 fully saturated rings. The molecule has 5 heteroatoms. The van der Waals surface area contributed by atoms with Gasteiger partial charge in [0.05, 0.1) is 0 Å². The van der Waals surface area contributed by atoms with E-state index in [1.165, 1.54) is 12.1 Å². The molecule has 0 aliphatic rings. The Morgan fingerprint density at radius 1 is 1.37 bits per heavy atom. The molecule has 0 amide bonds. The molecule has 1 atom stereocenters. The van der Waals surface area contributed by atoms with E-state index in [1.54, 1.807) is 12.3 Å². The molecule has 0 aliphatic carbocycles. The number of nitrogens with zero attached hydrogens (tertiary/aromatic N) is 1. The summed E-state index contributed by atoms with van der Waals surface area (Å²) in [5.41, 5.74) is 14.5. The van der Waals surface area contributed by atoms with E-state index < -0.39 is 0 Å². The maximum Gasteiger partial charge on any atom is 0.128 e. The van der Waals surface area contributed by atoms with Gasteiger partial charge in [-0.05, 0) is 42.7 Å². The van der Waals surface area contributed by atoms with Gasteiger partial charge in [-0.2, -0.15) is 0 Å². The van der Waals surface area contributed by atoms with Crippen LogP contribution in [0.25, 0.3) is 0 Å². The Bertz CT molecular complexity index is 601. The van der Waals surface area contributed by atoms with Crippen LogP contribution in [0.1, 0.15) is 22.7 Å². The lowest BCUT2D eigenvalue weighted by Crippen LogP contribution is -2.16. The lowest BCUT2D eigenvalue weighted by Gasteiger charge is -2.15. The predicted octanol–water partition coefficient (Wildman–Crippen LogP) is 3.01. The van der Waals surface area contributed by atoms with E-state index in [1.807, 2.05) is 13.0 Å². The number of pyridine rings is 1. The topological polar surface area (TPSA) is 64.9 Å². The van der Waals surface area contributed by atoms with E-state index in [0.717, 1.165) is 16.7 Å². The third-order valence-corrected chi connectivity index (χ3v) is 3.29. The van der Waals surface area contributed by atoms with Crippen LogP contribution in [0, 0.1) is 12.7 Å². The largest absolute Gasteiger partial charge is 0.383 e. The van der Waals surface area contributed by atoms with Gasteiger partial charge in [0, 0.05) is 22.8 Å². The van der Waals surface area contributed by atoms with Crippen LogP contribution in [-0.2, 0) is 6.42 Å². The van der Waals surface area contributed by atoms with Gasteiger partial charge in [0.1, 0.15) is 11.6 Å². The van der Waals surface area contributed by atoms with Crippen molar-refractivity contribution in [1.82, 2.24) is 4.98 Å². The van der Waals surface area contributed by atoms with Gasteiger partial charge >= 0.3 is 0 Å². The first-order valence-electron chi connectivity index (χ1n) is 5.89. The van der Waals surface area contributed by atoms with Crippen molar-refractivity contribution in [2.24, 2.45) is 5.73 Å². The smallest absolute Gasteiger partial charge is 0.128 e. The van der Waals surface area contributed by atoms with E-state index in [-0.39, 0.29) is 11.9 Å². The Labute approximate surface area is 116 Å². The number of nitrogen functional groups attached to an aromatic ring is 1. The highest BCUT2D eigenvalue weighted by molar-refractivity contribution is 6.31. The average Bonchev–Trinajstić information content (AvgIpc) is 2.35. The molecular weight excluding hydrogens is 265 g/mol. The van der Waals surface area contributed by atoms with Crippen LogP contribution in [0.2, 0.25) is 5.02 Å². The lowest BCUT2D eigenvalue weighted by atomic mass is 9.99. The molecule has 2 rings (SSSR count). The van der Waals surface area contributed by atoms with Gasteiger partial charge in [-0.3, -0.25) is 0 Å². The van der Waals surface area contributed by atoms with Gasteiger partial charge in [-0.25, -0.2) is 9.37 Å². The summed E-state index contributed by atoms with van der Waals surface area (Å²) in [5, 5.41) is 0.370. The average molecular weight is 280 g/mol. The second-order valence-electron chi connectivity index (χ2n) is 4.53. The molecule has 0 saturated heterocycles. The Hall–Kier alpha value is -1.65. The number of aryl methyl sites for hydroxylation is 1. The Morgan fingerprint density at radius 3 is 2.79 bits per heavy atom. The van der Waals surface area contributed by atoms with Gasteiger partial charge in [-0.15, -0.1) is 0 Å². The minimum absolute atomic E-state index is 0.324. The van der Waals surface area contributed by atoms with Crippen molar-refractivity contribution in [3.8, 4) is 0 Å². The highest BCUT2D eigenvalue weighted by atomic mass is 35.5. The molecule has 1 aromatic heterocycles. The Morgan fingerprint density at radius 2 is 2.11 bits per heavy atom. The van der Waals surface area contributed by atoms with Crippen LogP contribution in [0.3, 0.4) is 0 Å². The second-order valence-corrected chi connectivity index (χ2v) is 4.94. The number of benzene rings is 1. The summed E-state index contributed by atoms with van der Waals surface area (Å²) in [6.45, 7) is 1.92. The van der Waals surface area contributed by atoms with E-state index in [0.29, 0.717) is 17.3 Å². The van der Waals surface area contributed by atoms with Crippen LogP contribution < -0.4 is 11.5 Å². The summed E-state index contributed by atoms with van der Waals surface area (Å²) in [4.78, 5) is 4.08. The van der Waals surface area contributed by atoms with Crippen molar-refractivity contribution in [1.29, 1.82) is 0 Å². The predicted molar refractivity (Wildman–Crippen MR) is 75.4 cm³/mol. The van der Waals surface area contributed by atoms with Crippen molar-refractivity contribution in [3.05, 3.63) is 58.0 Å². The quantitative estimate of drug-likeness (QED) is 0.908. The minimum Gasteiger partial charge on any atom is -0.383 e. The highest BCUT2D eigenvalue weighted by Crippen LogP contribution is 2.25. The zero-order chi connectivity index (χ0) is 14.0. The number of hydrogen-bond acceptors (Lipinski definition) is 3. The number of nitrogens with two attached hydrogens (primary N) is 2. The van der Waals surface area contributed by atoms with Gasteiger partial charge in [0.2, 0.25) is 0 Å². The fourth-order valence-corrected chi connectivity index (χ4v) is 2.18. The molecular formula is C14H15ClFN3. The first-order valence-corrected chi connectivity index (χ1v) is 6.26. The van der Waals surface area contributed by atoms with Gasteiger partial charge in [0.15, 0.2) is 0 Å². The molecule has 0 bridgehead atoms. The summed E-state index contributed by atoms with van der Waals surface area (Å²) in [6.07, 6.45) is 2.17. The summed E-state index contributed by atoms with van der Waals surface area (Å²) in [7, 11) is 0. The third kappa shape index (κ3) is 3.22. The molecule has 2 aromatic rings. The molecule has 0 aliphatic heterocycles. The van der Waals surface area contributed by atoms with Crippen molar-refractivity contribution < 1.29 is 4.39 Å². The number of hydrogen-bond donors (Lipinski definition) is 2. The molecule has 19 heavy (non-hydrogen) atoms. The highest BCUT2D eigenvalue weighted by Gasteiger charge is 2.13. The normalized spacial score (nSPS) is 12.4. The van der Waals surface area contributed by atoms with Crippen LogP contribution in [0.5, 0.6) is 0 Å². The molecule has 1 heterocycles.